The van der Waals surface area contributed by atoms with Crippen molar-refractivity contribution in [3.05, 3.63) is 19.3 Å². The summed E-state index contributed by atoms with van der Waals surface area (Å²) in [5.41, 5.74) is 0. The standard InChI is InChI=1S/C7HF2I2O2.Li/c8-7(9)12-5-2-3(10)1-4(11)6(5)13-7;/h1H;/q-1;+1. The molecule has 1 aromatic carbocycles. The van der Waals surface area contributed by atoms with Crippen LogP contribution in [0.15, 0.2) is 6.07 Å². The van der Waals surface area contributed by atoms with Crippen molar-refractivity contribution in [3.8, 4) is 11.5 Å². The summed E-state index contributed by atoms with van der Waals surface area (Å²) in [6.07, 6.45) is -3.55. The van der Waals surface area contributed by atoms with Crippen LogP contribution in [-0.4, -0.2) is 6.29 Å². The molecule has 0 unspecified atom stereocenters. The Bertz CT molecular complexity index is 373. The molecule has 0 saturated heterocycles. The Balaban J connectivity index is 0.000000980. The van der Waals surface area contributed by atoms with Gasteiger partial charge >= 0.3 is 25.2 Å². The largest absolute Gasteiger partial charge is 1.00 e. The summed E-state index contributed by atoms with van der Waals surface area (Å²) in [5.74, 6) is 0.0346. The Morgan fingerprint density at radius 1 is 1.29 bits per heavy atom. The Morgan fingerprint density at radius 3 is 2.57 bits per heavy atom. The molecule has 2 nitrogen and oxygen atoms in total. The van der Waals surface area contributed by atoms with Crippen molar-refractivity contribution >= 4 is 45.2 Å². The monoisotopic (exact) mass is 416 g/mol. The van der Waals surface area contributed by atoms with E-state index in [-0.39, 0.29) is 30.4 Å². The van der Waals surface area contributed by atoms with Crippen LogP contribution >= 0.6 is 45.2 Å². The van der Waals surface area contributed by atoms with E-state index in [1.807, 2.05) is 45.2 Å². The molecule has 0 bridgehead atoms. The molecule has 0 fully saturated rings. The van der Waals surface area contributed by atoms with Gasteiger partial charge in [0, 0.05) is 0 Å². The van der Waals surface area contributed by atoms with Gasteiger partial charge in [-0.25, -0.2) is 0 Å². The molecule has 0 atom stereocenters. The first-order chi connectivity index (χ1) is 5.98. The maximum Gasteiger partial charge on any atom is 1.00 e. The number of rotatable bonds is 0. The van der Waals surface area contributed by atoms with Gasteiger partial charge in [0.25, 0.3) is 0 Å². The summed E-state index contributed by atoms with van der Waals surface area (Å²) in [6, 6.07) is 4.32. The number of fused-ring (bicyclic) bond motifs is 1. The summed E-state index contributed by atoms with van der Waals surface area (Å²) in [7, 11) is 0. The van der Waals surface area contributed by atoms with Gasteiger partial charge < -0.3 is 9.47 Å². The van der Waals surface area contributed by atoms with Gasteiger partial charge in [-0.05, 0) is 0 Å². The van der Waals surface area contributed by atoms with Gasteiger partial charge in [-0.15, -0.1) is 20.9 Å². The first-order valence-electron chi connectivity index (χ1n) is 3.15. The van der Waals surface area contributed by atoms with Gasteiger partial charge in [-0.3, -0.25) is 0 Å². The Morgan fingerprint density at radius 2 is 1.93 bits per heavy atom. The molecule has 0 aliphatic carbocycles. The van der Waals surface area contributed by atoms with E-state index in [9.17, 15) is 8.78 Å². The van der Waals surface area contributed by atoms with E-state index in [4.69, 9.17) is 0 Å². The SMILES string of the molecule is FC1(F)Oc2[c-]c(I)cc(I)c2O1.[Li+]. The van der Waals surface area contributed by atoms with Crippen LogP contribution in [0.2, 0.25) is 0 Å². The molecule has 0 radical (unpaired) electrons. The minimum absolute atomic E-state index is 0. The first kappa shape index (κ1) is 12.8. The molecule has 70 valence electrons. The van der Waals surface area contributed by atoms with Gasteiger partial charge in [0.15, 0.2) is 0 Å². The number of hydrogen-bond acceptors (Lipinski definition) is 2. The fourth-order valence-electron chi connectivity index (χ4n) is 0.912. The molecule has 0 spiro atoms. The molecule has 7 heteroatoms. The molecule has 1 aliphatic heterocycles. The summed E-state index contributed by atoms with van der Waals surface area (Å²) in [5, 5.41) is 0. The third-order valence-electron chi connectivity index (χ3n) is 1.35. The van der Waals surface area contributed by atoms with E-state index in [1.54, 1.807) is 6.07 Å². The maximum absolute atomic E-state index is 12.6. The number of halogens is 4. The minimum atomic E-state index is -3.55. The summed E-state index contributed by atoms with van der Waals surface area (Å²) >= 11 is 3.88. The van der Waals surface area contributed by atoms with Gasteiger partial charge in [-0.1, -0.05) is 52.3 Å². The van der Waals surface area contributed by atoms with E-state index < -0.39 is 6.29 Å². The van der Waals surface area contributed by atoms with E-state index in [0.717, 1.165) is 0 Å². The Kier molecular flexibility index (Phi) is 3.94. The van der Waals surface area contributed by atoms with Crippen molar-refractivity contribution in [1.82, 2.24) is 0 Å². The van der Waals surface area contributed by atoms with Crippen molar-refractivity contribution in [1.29, 1.82) is 0 Å². The predicted molar refractivity (Wildman–Crippen MR) is 56.9 cm³/mol. The molecule has 0 N–H and O–H groups in total. The van der Waals surface area contributed by atoms with Crippen LogP contribution in [0.5, 0.6) is 11.5 Å². The average Bonchev–Trinajstić information content (AvgIpc) is 2.23. The topological polar surface area (TPSA) is 18.5 Å². The molecule has 14 heavy (non-hydrogen) atoms. The zero-order valence-corrected chi connectivity index (χ0v) is 11.2. The Hall–Kier alpha value is 0.737. The fourth-order valence-corrected chi connectivity index (χ4v) is 2.73. The molecular weight excluding hydrogens is 415 g/mol. The summed E-state index contributed by atoms with van der Waals surface area (Å²) in [6.45, 7) is 0. The number of hydrogen-bond donors (Lipinski definition) is 0. The van der Waals surface area contributed by atoms with Crippen LogP contribution in [0.1, 0.15) is 0 Å². The molecule has 1 aliphatic rings. The van der Waals surface area contributed by atoms with Crippen molar-refractivity contribution in [2.75, 3.05) is 0 Å². The van der Waals surface area contributed by atoms with Crippen LogP contribution in [0.4, 0.5) is 8.78 Å². The summed E-state index contributed by atoms with van der Waals surface area (Å²) < 4.78 is 35.0. The van der Waals surface area contributed by atoms with Crippen molar-refractivity contribution < 1.29 is 37.1 Å². The Labute approximate surface area is 118 Å². The maximum atomic E-state index is 12.6. The third-order valence-corrected chi connectivity index (χ3v) is 2.73. The van der Waals surface area contributed by atoms with E-state index in [2.05, 4.69) is 15.5 Å². The first-order valence-corrected chi connectivity index (χ1v) is 5.31. The molecule has 1 aromatic rings. The van der Waals surface area contributed by atoms with Gasteiger partial charge in [0.1, 0.15) is 0 Å². The van der Waals surface area contributed by atoms with Crippen molar-refractivity contribution in [3.63, 3.8) is 0 Å². The van der Waals surface area contributed by atoms with Gasteiger partial charge in [0.2, 0.25) is 0 Å². The third kappa shape index (κ3) is 2.45. The number of alkyl halides is 2. The van der Waals surface area contributed by atoms with Crippen LogP contribution < -0.4 is 28.3 Å². The molecule has 1 heterocycles. The zero-order valence-electron chi connectivity index (χ0n) is 6.91. The second-order valence-electron chi connectivity index (χ2n) is 2.29. The number of ether oxygens (including phenoxy) is 2. The minimum Gasteiger partial charge on any atom is -0.459 e. The van der Waals surface area contributed by atoms with Gasteiger partial charge in [0.05, 0.1) is 11.5 Å². The zero-order chi connectivity index (χ0) is 9.64. The van der Waals surface area contributed by atoms with Crippen LogP contribution in [0.3, 0.4) is 0 Å². The van der Waals surface area contributed by atoms with E-state index >= 15 is 0 Å². The van der Waals surface area contributed by atoms with Gasteiger partial charge in [-0.2, -0.15) is 0 Å². The van der Waals surface area contributed by atoms with Crippen LogP contribution in [-0.2, 0) is 0 Å². The van der Waals surface area contributed by atoms with Crippen LogP contribution in [0, 0.1) is 13.2 Å². The number of benzene rings is 1. The molecule has 0 aromatic heterocycles. The normalized spacial score (nSPS) is 16.3. The second-order valence-corrected chi connectivity index (χ2v) is 4.62. The van der Waals surface area contributed by atoms with Crippen molar-refractivity contribution in [2.45, 2.75) is 6.29 Å². The average molecular weight is 416 g/mol. The smallest absolute Gasteiger partial charge is 0.459 e. The molecule has 0 amide bonds. The second kappa shape index (κ2) is 4.31. The molecule has 2 rings (SSSR count). The fraction of sp³-hybridized carbons (Fsp3) is 0.143. The quantitative estimate of drug-likeness (QED) is 0.338. The summed E-state index contributed by atoms with van der Waals surface area (Å²) in [4.78, 5) is 0. The van der Waals surface area contributed by atoms with E-state index in [0.29, 0.717) is 7.14 Å². The van der Waals surface area contributed by atoms with Crippen LogP contribution in [0.25, 0.3) is 0 Å². The van der Waals surface area contributed by atoms with E-state index in [1.165, 1.54) is 0 Å². The van der Waals surface area contributed by atoms with Crippen molar-refractivity contribution in [2.24, 2.45) is 0 Å². The predicted octanol–water partition coefficient (Wildman–Crippen LogP) is 0.0215. The molecule has 0 saturated carbocycles. The molecular formula is C7HF2I2LiO2.